The molecule has 0 aromatic heterocycles. The molecule has 0 spiro atoms. The summed E-state index contributed by atoms with van der Waals surface area (Å²) in [6.07, 6.45) is 2.48. The van der Waals surface area contributed by atoms with Crippen molar-refractivity contribution in [1.82, 2.24) is 20.6 Å². The number of fused-ring (bicyclic) bond motifs is 1. The molecular formula is C12H13BrN4O3. The van der Waals surface area contributed by atoms with E-state index in [1.54, 1.807) is 11.0 Å². The van der Waals surface area contributed by atoms with E-state index in [4.69, 9.17) is 6.15 Å². The quantitative estimate of drug-likeness (QED) is 0.491. The lowest BCUT2D eigenvalue weighted by Crippen LogP contribution is -2.47. The maximum absolute atomic E-state index is 12.5. The smallest absolute Gasteiger partial charge is 0.274 e. The van der Waals surface area contributed by atoms with Gasteiger partial charge in [-0.15, -0.1) is 0 Å². The molecule has 0 aromatic rings. The third kappa shape index (κ3) is 1.65. The minimum atomic E-state index is -0.390. The first kappa shape index (κ1) is 11.3. The first-order valence-electron chi connectivity index (χ1n) is 6.90. The van der Waals surface area contributed by atoms with Gasteiger partial charge in [0.15, 0.2) is 0 Å². The van der Waals surface area contributed by atoms with Crippen molar-refractivity contribution in [2.45, 2.75) is 17.4 Å². The zero-order valence-electron chi connectivity index (χ0n) is 11.5. The van der Waals surface area contributed by atoms with Gasteiger partial charge in [-0.1, -0.05) is 15.9 Å². The lowest BCUT2D eigenvalue weighted by molar-refractivity contribution is -0.129. The Bertz CT molecular complexity index is 601. The summed E-state index contributed by atoms with van der Waals surface area (Å²) >= 11 is 3.28. The predicted octanol–water partition coefficient (Wildman–Crippen LogP) is -0.616. The topological polar surface area (TPSA) is 73.9 Å². The molecule has 106 valence electrons. The summed E-state index contributed by atoms with van der Waals surface area (Å²) in [6, 6.07) is 0.0255. The maximum Gasteiger partial charge on any atom is 0.274 e. The minimum absolute atomic E-state index is 0.0255. The molecule has 4 aliphatic heterocycles. The van der Waals surface area contributed by atoms with Gasteiger partial charge >= 0.3 is 0 Å². The number of hydrogen-bond acceptors (Lipinski definition) is 5. The maximum atomic E-state index is 12.5. The van der Waals surface area contributed by atoms with Crippen molar-refractivity contribution in [3.8, 4) is 0 Å². The predicted molar refractivity (Wildman–Crippen MR) is 71.9 cm³/mol. The number of carbonyl (C=O) groups is 2. The Hall–Kier alpha value is -1.38. The van der Waals surface area contributed by atoms with Crippen LogP contribution in [0, 0.1) is 0 Å². The highest BCUT2D eigenvalue weighted by atomic mass is 79.9. The Morgan fingerprint density at radius 1 is 1.45 bits per heavy atom. The standard InChI is InChI=1S/C12H13BrN4O3/c13-8-3-9-14-10-7(11(18)17(9)15-8)4-16(12(10)19)6-1-2-20-5-6/h3,6,8,14-15H,1-2,4-5H2/t6-,8?/m0/s1/i/hD. The second-order valence-corrected chi connectivity index (χ2v) is 6.02. The van der Waals surface area contributed by atoms with Gasteiger partial charge in [-0.25, -0.2) is 10.4 Å². The van der Waals surface area contributed by atoms with Gasteiger partial charge in [-0.3, -0.25) is 9.59 Å². The monoisotopic (exact) mass is 341 g/mol. The summed E-state index contributed by atoms with van der Waals surface area (Å²) in [5.74, 6) is -0.0286. The lowest BCUT2D eigenvalue weighted by atomic mass is 10.2. The van der Waals surface area contributed by atoms with Crippen LogP contribution >= 0.6 is 15.9 Å². The van der Waals surface area contributed by atoms with Crippen molar-refractivity contribution < 1.29 is 15.7 Å². The average molecular weight is 342 g/mol. The van der Waals surface area contributed by atoms with E-state index < -0.39 is 4.95 Å². The molecule has 1 fully saturated rings. The van der Waals surface area contributed by atoms with Crippen LogP contribution < -0.4 is 10.7 Å². The van der Waals surface area contributed by atoms with Crippen LogP contribution in [0.15, 0.2) is 23.2 Å². The van der Waals surface area contributed by atoms with Crippen molar-refractivity contribution in [1.29, 1.82) is 0 Å². The SMILES string of the molecule is [2H]N1C(Br)C=C2NC3=C(CN([C@H]4CCOC4)C3=O)C(=O)N21. The number of nitrogens with one attached hydrogen (secondary N) is 2. The van der Waals surface area contributed by atoms with E-state index in [1.165, 1.54) is 5.01 Å². The van der Waals surface area contributed by atoms with Crippen molar-refractivity contribution in [2.24, 2.45) is 0 Å². The van der Waals surface area contributed by atoms with E-state index in [1.807, 2.05) is 0 Å². The molecule has 0 aliphatic carbocycles. The van der Waals surface area contributed by atoms with E-state index in [0.717, 1.165) is 11.8 Å². The average Bonchev–Trinajstić information content (AvgIpc) is 3.13. The second kappa shape index (κ2) is 4.31. The molecule has 0 saturated carbocycles. The van der Waals surface area contributed by atoms with Crippen LogP contribution in [0.1, 0.15) is 6.42 Å². The number of rotatable bonds is 1. The summed E-state index contributed by atoms with van der Waals surface area (Å²) in [4.78, 5) is 26.3. The number of ether oxygens (including phenoxy) is 1. The molecular weight excluding hydrogens is 328 g/mol. The molecule has 20 heavy (non-hydrogen) atoms. The Morgan fingerprint density at radius 2 is 2.30 bits per heavy atom. The Kier molecular flexibility index (Phi) is 2.43. The molecule has 4 aliphatic rings. The number of hydrogen-bond donors (Lipinski definition) is 2. The van der Waals surface area contributed by atoms with Crippen molar-refractivity contribution in [2.75, 3.05) is 19.8 Å². The zero-order chi connectivity index (χ0) is 14.7. The highest BCUT2D eigenvalue weighted by Gasteiger charge is 2.45. The number of carbonyl (C=O) groups excluding carboxylic acids is 2. The molecule has 8 heteroatoms. The van der Waals surface area contributed by atoms with Crippen molar-refractivity contribution in [3.05, 3.63) is 23.2 Å². The fourth-order valence-corrected chi connectivity index (χ4v) is 3.31. The number of nitrogens with zero attached hydrogens (tertiary/aromatic N) is 2. The molecule has 2 atom stereocenters. The van der Waals surface area contributed by atoms with Gasteiger partial charge in [0.05, 0.1) is 24.8 Å². The van der Waals surface area contributed by atoms with Crippen LogP contribution in [0.3, 0.4) is 0 Å². The molecule has 7 nitrogen and oxygen atoms in total. The second-order valence-electron chi connectivity index (χ2n) is 5.09. The molecule has 2 amide bonds. The normalized spacial score (nSPS) is 34.2. The Morgan fingerprint density at radius 3 is 3.05 bits per heavy atom. The van der Waals surface area contributed by atoms with Crippen LogP contribution in [0.5, 0.6) is 0 Å². The number of amides is 2. The van der Waals surface area contributed by atoms with Crippen LogP contribution in [-0.2, 0) is 14.3 Å². The van der Waals surface area contributed by atoms with Gasteiger partial charge in [-0.2, -0.15) is 0 Å². The van der Waals surface area contributed by atoms with Gasteiger partial charge in [0.1, 0.15) is 17.9 Å². The lowest BCUT2D eigenvalue weighted by Gasteiger charge is -2.26. The molecule has 2 N–H and O–H groups in total. The number of alkyl halides is 1. The molecule has 4 heterocycles. The largest absolute Gasteiger partial charge is 0.379 e. The van der Waals surface area contributed by atoms with E-state index >= 15 is 0 Å². The summed E-state index contributed by atoms with van der Waals surface area (Å²) in [5.41, 5.74) is 1.80. The Labute approximate surface area is 125 Å². The third-order valence-electron chi connectivity index (χ3n) is 3.90. The van der Waals surface area contributed by atoms with Crippen LogP contribution in [0.2, 0.25) is 1.41 Å². The van der Waals surface area contributed by atoms with E-state index in [-0.39, 0.29) is 24.4 Å². The zero-order valence-corrected chi connectivity index (χ0v) is 12.1. The van der Waals surface area contributed by atoms with E-state index in [0.29, 0.717) is 30.3 Å². The van der Waals surface area contributed by atoms with Gasteiger partial charge in [-0.05, 0) is 12.5 Å². The van der Waals surface area contributed by atoms with E-state index in [2.05, 4.69) is 21.2 Å². The highest BCUT2D eigenvalue weighted by molar-refractivity contribution is 9.09. The number of halogens is 1. The third-order valence-corrected chi connectivity index (χ3v) is 4.35. The first-order valence-corrected chi connectivity index (χ1v) is 7.36. The minimum Gasteiger partial charge on any atom is -0.379 e. The van der Waals surface area contributed by atoms with E-state index in [9.17, 15) is 9.59 Å². The Balaban J connectivity index is 1.65. The molecule has 1 saturated heterocycles. The van der Waals surface area contributed by atoms with Gasteiger partial charge in [0, 0.05) is 6.61 Å². The molecule has 4 rings (SSSR count). The van der Waals surface area contributed by atoms with Crippen molar-refractivity contribution in [3.63, 3.8) is 0 Å². The summed E-state index contributed by atoms with van der Waals surface area (Å²) in [7, 11) is 0. The molecule has 0 radical (unpaired) electrons. The van der Waals surface area contributed by atoms with Gasteiger partial charge in [0.2, 0.25) is 0 Å². The van der Waals surface area contributed by atoms with Gasteiger partial charge < -0.3 is 15.0 Å². The molecule has 0 bridgehead atoms. The van der Waals surface area contributed by atoms with Gasteiger partial charge in [0.25, 0.3) is 11.8 Å². The van der Waals surface area contributed by atoms with Crippen molar-refractivity contribution >= 4 is 27.7 Å². The fraction of sp³-hybridized carbons (Fsp3) is 0.500. The summed E-state index contributed by atoms with van der Waals surface area (Å²) in [5, 5.41) is 4.23. The molecule has 0 aromatic carbocycles. The molecule has 1 unspecified atom stereocenters. The van der Waals surface area contributed by atoms with Crippen LogP contribution in [0.4, 0.5) is 0 Å². The highest BCUT2D eigenvalue weighted by Crippen LogP contribution is 2.30. The van der Waals surface area contributed by atoms with Crippen LogP contribution in [0.25, 0.3) is 0 Å². The van der Waals surface area contributed by atoms with Crippen LogP contribution in [-0.4, -0.2) is 52.5 Å². The number of hydrazine groups is 1. The summed E-state index contributed by atoms with van der Waals surface area (Å²) < 4.78 is 13.2. The fourth-order valence-electron chi connectivity index (χ4n) is 2.88. The summed E-state index contributed by atoms with van der Waals surface area (Å²) in [6.45, 7) is 1.43. The first-order chi connectivity index (χ1) is 10.1.